The number of anilines is 1. The third-order valence-corrected chi connectivity index (χ3v) is 4.68. The summed E-state index contributed by atoms with van der Waals surface area (Å²) in [4.78, 5) is 21.7. The molecule has 1 amide bonds. The Morgan fingerprint density at radius 1 is 1.19 bits per heavy atom. The van der Waals surface area contributed by atoms with Crippen LogP contribution in [0, 0.1) is 5.92 Å². The predicted octanol–water partition coefficient (Wildman–Crippen LogP) is 5.07. The Morgan fingerprint density at radius 3 is 2.52 bits per heavy atom. The van der Waals surface area contributed by atoms with Crippen molar-refractivity contribution in [2.45, 2.75) is 66.2 Å². The van der Waals surface area contributed by atoms with E-state index in [4.69, 9.17) is 10.7 Å². The van der Waals surface area contributed by atoms with E-state index in [0.29, 0.717) is 23.9 Å². The molecule has 5 heteroatoms. The normalized spacial score (nSPS) is 16.1. The molecule has 1 aromatic heterocycles. The lowest BCUT2D eigenvalue weighted by atomic mass is 9.87. The van der Waals surface area contributed by atoms with Gasteiger partial charge in [-0.2, -0.15) is 0 Å². The van der Waals surface area contributed by atoms with Crippen molar-refractivity contribution in [1.82, 2.24) is 9.97 Å². The molecule has 1 fully saturated rings. The average molecular weight is 369 g/mol. The molecule has 0 bridgehead atoms. The molecule has 0 aromatic carbocycles. The van der Waals surface area contributed by atoms with E-state index in [2.05, 4.69) is 10.3 Å². The van der Waals surface area contributed by atoms with E-state index in [1.54, 1.807) is 6.20 Å². The van der Waals surface area contributed by atoms with Gasteiger partial charge in [-0.1, -0.05) is 30.9 Å². The summed E-state index contributed by atoms with van der Waals surface area (Å²) in [5.41, 5.74) is 9.95. The van der Waals surface area contributed by atoms with E-state index in [1.807, 2.05) is 45.9 Å². The van der Waals surface area contributed by atoms with Crippen molar-refractivity contribution in [1.29, 1.82) is 0 Å². The maximum atomic E-state index is 12.5. The fraction of sp³-hybridized carbons (Fsp3) is 0.500. The molecule has 1 aromatic rings. The van der Waals surface area contributed by atoms with Crippen LogP contribution in [0.1, 0.15) is 77.6 Å². The Labute approximate surface area is 162 Å². The lowest BCUT2D eigenvalue weighted by molar-refractivity contribution is -0.117. The Morgan fingerprint density at radius 2 is 1.89 bits per heavy atom. The number of amides is 1. The Balaban J connectivity index is 2.19. The first kappa shape index (κ1) is 20.9. The summed E-state index contributed by atoms with van der Waals surface area (Å²) in [5, 5.41) is 2.97. The van der Waals surface area contributed by atoms with Gasteiger partial charge in [0.2, 0.25) is 5.91 Å². The number of nitrogens with one attached hydrogen (secondary N) is 1. The van der Waals surface area contributed by atoms with Crippen LogP contribution in [0.15, 0.2) is 29.6 Å². The summed E-state index contributed by atoms with van der Waals surface area (Å²) in [6, 6.07) is 0. The van der Waals surface area contributed by atoms with Crippen LogP contribution in [0.4, 0.5) is 5.82 Å². The second-order valence-electron chi connectivity index (χ2n) is 7.73. The monoisotopic (exact) mass is 368 g/mol. The van der Waals surface area contributed by atoms with Gasteiger partial charge < -0.3 is 11.1 Å². The lowest BCUT2D eigenvalue weighted by Gasteiger charge is -2.20. The van der Waals surface area contributed by atoms with Gasteiger partial charge in [-0.05, 0) is 64.2 Å². The highest BCUT2D eigenvalue weighted by Gasteiger charge is 2.18. The molecule has 1 heterocycles. The number of nitrogens with zero attached hydrogens (tertiary/aromatic N) is 2. The van der Waals surface area contributed by atoms with E-state index < -0.39 is 0 Å². The van der Waals surface area contributed by atoms with Crippen molar-refractivity contribution < 1.29 is 4.79 Å². The molecule has 5 nitrogen and oxygen atoms in total. The topological polar surface area (TPSA) is 80.9 Å². The molecule has 0 atom stereocenters. The van der Waals surface area contributed by atoms with Crippen molar-refractivity contribution in [3.05, 3.63) is 41.0 Å². The Hall–Kier alpha value is -2.43. The van der Waals surface area contributed by atoms with Crippen LogP contribution in [0.25, 0.3) is 11.6 Å². The van der Waals surface area contributed by atoms with Gasteiger partial charge in [-0.3, -0.25) is 4.79 Å². The van der Waals surface area contributed by atoms with E-state index in [9.17, 15) is 4.79 Å². The molecule has 0 radical (unpaired) electrons. The number of aromatic nitrogens is 2. The standard InChI is InChI=1S/C22H32N4O/c1-15(2)12-19-22(26-21(27)13-18-8-6-5-7-9-18)24-14-20(25-19)16(3)10-11-17(4)23/h10-12,14,18H,5-9,13,23H2,1-4H3,(H,24,26,27)/b16-10+,17-11+. The molecular weight excluding hydrogens is 336 g/mol. The van der Waals surface area contributed by atoms with Gasteiger partial charge in [-0.15, -0.1) is 0 Å². The van der Waals surface area contributed by atoms with Crippen LogP contribution in [0.3, 0.4) is 0 Å². The highest BCUT2D eigenvalue weighted by atomic mass is 16.1. The highest BCUT2D eigenvalue weighted by molar-refractivity contribution is 5.91. The van der Waals surface area contributed by atoms with Crippen LogP contribution in [-0.4, -0.2) is 15.9 Å². The summed E-state index contributed by atoms with van der Waals surface area (Å²) in [7, 11) is 0. The van der Waals surface area contributed by atoms with Crippen molar-refractivity contribution in [3.63, 3.8) is 0 Å². The zero-order chi connectivity index (χ0) is 19.8. The third kappa shape index (κ3) is 7.00. The molecule has 1 aliphatic rings. The van der Waals surface area contributed by atoms with E-state index >= 15 is 0 Å². The smallest absolute Gasteiger partial charge is 0.225 e. The Kier molecular flexibility index (Phi) is 7.77. The van der Waals surface area contributed by atoms with Crippen LogP contribution in [0.5, 0.6) is 0 Å². The summed E-state index contributed by atoms with van der Waals surface area (Å²) in [5.74, 6) is 1.05. The van der Waals surface area contributed by atoms with Crippen molar-refractivity contribution >= 4 is 23.4 Å². The fourth-order valence-corrected chi connectivity index (χ4v) is 3.24. The second kappa shape index (κ2) is 10.0. The van der Waals surface area contributed by atoms with Gasteiger partial charge in [0.05, 0.1) is 11.9 Å². The SMILES string of the molecule is CC(C)=Cc1nc(/C(C)=C/C=C(\C)N)cnc1NC(=O)CC1CCCCC1. The summed E-state index contributed by atoms with van der Waals surface area (Å²) >= 11 is 0. The lowest BCUT2D eigenvalue weighted by Crippen LogP contribution is -2.19. The molecule has 146 valence electrons. The zero-order valence-electron chi connectivity index (χ0n) is 17.0. The van der Waals surface area contributed by atoms with Gasteiger partial charge in [-0.25, -0.2) is 9.97 Å². The molecule has 1 aliphatic carbocycles. The number of nitrogens with two attached hydrogens (primary N) is 1. The minimum atomic E-state index is 0.0290. The summed E-state index contributed by atoms with van der Waals surface area (Å²) in [6.45, 7) is 7.82. The zero-order valence-corrected chi connectivity index (χ0v) is 17.0. The highest BCUT2D eigenvalue weighted by Crippen LogP contribution is 2.27. The molecule has 3 N–H and O–H groups in total. The number of carbonyl (C=O) groups is 1. The minimum Gasteiger partial charge on any atom is -0.402 e. The maximum Gasteiger partial charge on any atom is 0.225 e. The molecule has 0 unspecified atom stereocenters. The first-order chi connectivity index (χ1) is 12.8. The average Bonchev–Trinajstić information content (AvgIpc) is 2.61. The Bertz CT molecular complexity index is 748. The van der Waals surface area contributed by atoms with E-state index in [1.165, 1.54) is 19.3 Å². The molecular formula is C22H32N4O. The van der Waals surface area contributed by atoms with Gasteiger partial charge in [0, 0.05) is 12.1 Å². The van der Waals surface area contributed by atoms with E-state index in [-0.39, 0.29) is 5.91 Å². The van der Waals surface area contributed by atoms with Crippen LogP contribution in [-0.2, 0) is 4.79 Å². The van der Waals surface area contributed by atoms with Crippen LogP contribution in [0.2, 0.25) is 0 Å². The quantitative estimate of drug-likeness (QED) is 0.687. The molecule has 2 rings (SSSR count). The van der Waals surface area contributed by atoms with Crippen LogP contribution >= 0.6 is 0 Å². The molecule has 0 spiro atoms. The predicted molar refractivity (Wildman–Crippen MR) is 113 cm³/mol. The first-order valence-corrected chi connectivity index (χ1v) is 9.78. The summed E-state index contributed by atoms with van der Waals surface area (Å²) in [6.07, 6.45) is 14.0. The number of carbonyl (C=O) groups excluding carboxylic acids is 1. The van der Waals surface area contributed by atoms with Crippen LogP contribution < -0.4 is 11.1 Å². The van der Waals surface area contributed by atoms with Crippen molar-refractivity contribution in [3.8, 4) is 0 Å². The number of allylic oxidation sites excluding steroid dienone is 5. The van der Waals surface area contributed by atoms with Gasteiger partial charge >= 0.3 is 0 Å². The number of hydrogen-bond acceptors (Lipinski definition) is 4. The molecule has 0 aliphatic heterocycles. The first-order valence-electron chi connectivity index (χ1n) is 9.78. The van der Waals surface area contributed by atoms with E-state index in [0.717, 1.165) is 35.4 Å². The molecule has 27 heavy (non-hydrogen) atoms. The summed E-state index contributed by atoms with van der Waals surface area (Å²) < 4.78 is 0. The van der Waals surface area contributed by atoms with Crippen molar-refractivity contribution in [2.24, 2.45) is 11.7 Å². The van der Waals surface area contributed by atoms with Gasteiger partial charge in [0.15, 0.2) is 5.82 Å². The maximum absolute atomic E-state index is 12.5. The third-order valence-electron chi connectivity index (χ3n) is 4.68. The molecule has 0 saturated heterocycles. The van der Waals surface area contributed by atoms with Gasteiger partial charge in [0.25, 0.3) is 0 Å². The minimum absolute atomic E-state index is 0.0290. The largest absolute Gasteiger partial charge is 0.402 e. The fourth-order valence-electron chi connectivity index (χ4n) is 3.24. The number of rotatable bonds is 6. The molecule has 1 saturated carbocycles. The van der Waals surface area contributed by atoms with Crippen molar-refractivity contribution in [2.75, 3.05) is 5.32 Å². The van der Waals surface area contributed by atoms with Gasteiger partial charge in [0.1, 0.15) is 5.69 Å². The second-order valence-corrected chi connectivity index (χ2v) is 7.73. The number of hydrogen-bond donors (Lipinski definition) is 2.